The first-order chi connectivity index (χ1) is 9.25. The van der Waals surface area contributed by atoms with Crippen LogP contribution in [-0.2, 0) is 0 Å². The Morgan fingerprint density at radius 1 is 0.947 bits per heavy atom. The van der Waals surface area contributed by atoms with Gasteiger partial charge in [0.1, 0.15) is 6.33 Å². The van der Waals surface area contributed by atoms with Crippen molar-refractivity contribution in [3.8, 4) is 0 Å². The van der Waals surface area contributed by atoms with E-state index in [-0.39, 0.29) is 0 Å². The predicted octanol–water partition coefficient (Wildman–Crippen LogP) is 4.73. The molecule has 0 unspecified atom stereocenters. The largest absolute Gasteiger partial charge is 0.260 e. The van der Waals surface area contributed by atoms with Crippen LogP contribution < -0.4 is 3.93 Å². The average molecular weight is 335 g/mol. The van der Waals surface area contributed by atoms with Gasteiger partial charge < -0.3 is 0 Å². The maximum absolute atomic E-state index is 5.90. The number of anilines is 2. The zero-order valence-corrected chi connectivity index (χ0v) is 12.1. The number of hydrogen-bond donors (Lipinski definition) is 0. The molecule has 0 N–H and O–H groups in total. The summed E-state index contributed by atoms with van der Waals surface area (Å²) in [7, 11) is 0. The first-order valence-corrected chi connectivity index (χ1v) is 6.75. The molecule has 0 bridgehead atoms. The molecular weight excluding hydrogens is 326 g/mol. The monoisotopic (exact) mass is 333 g/mol. The molecule has 0 atom stereocenters. The number of benzene rings is 2. The van der Waals surface area contributed by atoms with E-state index in [0.29, 0.717) is 5.02 Å². The van der Waals surface area contributed by atoms with Crippen LogP contribution in [0.2, 0.25) is 5.02 Å². The lowest BCUT2D eigenvalue weighted by Gasteiger charge is -2.16. The number of fused-ring (bicyclic) bond motifs is 1. The first-order valence-electron chi connectivity index (χ1n) is 5.67. The molecule has 3 rings (SSSR count). The van der Waals surface area contributed by atoms with E-state index in [9.17, 15) is 0 Å². The molecule has 19 heavy (non-hydrogen) atoms. The van der Waals surface area contributed by atoms with Crippen LogP contribution in [-0.4, -0.2) is 9.97 Å². The van der Waals surface area contributed by atoms with E-state index in [0.717, 1.165) is 22.4 Å². The maximum atomic E-state index is 5.90. The molecule has 0 spiro atoms. The van der Waals surface area contributed by atoms with Gasteiger partial charge in [0.05, 0.1) is 27.4 Å². The maximum Gasteiger partial charge on any atom is 0.154 e. The van der Waals surface area contributed by atoms with Gasteiger partial charge in [0.25, 0.3) is 0 Å². The zero-order valence-electron chi connectivity index (χ0n) is 9.79. The first kappa shape index (κ1) is 12.4. The van der Waals surface area contributed by atoms with E-state index in [2.05, 4.69) is 26.1 Å². The summed E-state index contributed by atoms with van der Waals surface area (Å²) in [5.74, 6) is 0.799. The van der Waals surface area contributed by atoms with Gasteiger partial charge in [-0.1, -0.05) is 23.7 Å². The van der Waals surface area contributed by atoms with Crippen LogP contribution in [0.15, 0.2) is 54.9 Å². The van der Waals surface area contributed by atoms with Crippen LogP contribution in [0.3, 0.4) is 0 Å². The van der Waals surface area contributed by atoms with Gasteiger partial charge in [-0.05, 0) is 36.4 Å². The van der Waals surface area contributed by atoms with Crippen molar-refractivity contribution in [3.63, 3.8) is 0 Å². The minimum absolute atomic E-state index is 0.706. The van der Waals surface area contributed by atoms with Crippen molar-refractivity contribution in [3.05, 3.63) is 59.9 Å². The fourth-order valence-corrected chi connectivity index (χ4v) is 2.49. The molecule has 3 aromatic rings. The SMILES string of the molecule is Clc1ccc(N(Br)c2ncnc3ccccc23)cc1. The second-order valence-corrected chi connectivity index (χ2v) is 5.12. The van der Waals surface area contributed by atoms with Crippen molar-refractivity contribution < 1.29 is 0 Å². The Labute approximate surface area is 124 Å². The van der Waals surface area contributed by atoms with Crippen molar-refractivity contribution in [1.82, 2.24) is 9.97 Å². The Hall–Kier alpha value is -1.65. The van der Waals surface area contributed by atoms with Crippen LogP contribution in [0.5, 0.6) is 0 Å². The summed E-state index contributed by atoms with van der Waals surface area (Å²) in [5.41, 5.74) is 1.86. The van der Waals surface area contributed by atoms with Crippen molar-refractivity contribution in [1.29, 1.82) is 0 Å². The lowest BCUT2D eigenvalue weighted by molar-refractivity contribution is 1.20. The summed E-state index contributed by atoms with van der Waals surface area (Å²) in [6.45, 7) is 0. The molecular formula is C14H9BrClN3. The van der Waals surface area contributed by atoms with Crippen LogP contribution in [0.25, 0.3) is 10.9 Å². The van der Waals surface area contributed by atoms with Crippen LogP contribution >= 0.6 is 27.7 Å². The lowest BCUT2D eigenvalue weighted by atomic mass is 10.2. The second kappa shape index (κ2) is 5.15. The Morgan fingerprint density at radius 3 is 2.47 bits per heavy atom. The molecule has 2 aromatic carbocycles. The summed E-state index contributed by atoms with van der Waals surface area (Å²) in [6.07, 6.45) is 1.56. The van der Waals surface area contributed by atoms with Crippen LogP contribution in [0.1, 0.15) is 0 Å². The highest BCUT2D eigenvalue weighted by Gasteiger charge is 2.11. The molecule has 5 heteroatoms. The van der Waals surface area contributed by atoms with Gasteiger partial charge in [-0.2, -0.15) is 0 Å². The molecule has 0 radical (unpaired) electrons. The number of rotatable bonds is 2. The molecule has 0 amide bonds. The minimum Gasteiger partial charge on any atom is -0.260 e. The van der Waals surface area contributed by atoms with E-state index < -0.39 is 0 Å². The van der Waals surface area contributed by atoms with Gasteiger partial charge in [-0.25, -0.2) is 9.97 Å². The van der Waals surface area contributed by atoms with Gasteiger partial charge in [0.15, 0.2) is 5.82 Å². The Bertz CT molecular complexity index is 710. The molecule has 0 aliphatic carbocycles. The molecule has 1 aromatic heterocycles. The van der Waals surface area contributed by atoms with Gasteiger partial charge in [0, 0.05) is 10.4 Å². The fourth-order valence-electron chi connectivity index (χ4n) is 1.84. The molecule has 3 nitrogen and oxygen atoms in total. The van der Waals surface area contributed by atoms with E-state index in [4.69, 9.17) is 11.6 Å². The highest BCUT2D eigenvalue weighted by atomic mass is 79.9. The third kappa shape index (κ3) is 2.41. The van der Waals surface area contributed by atoms with Crippen molar-refractivity contribution in [2.75, 3.05) is 3.93 Å². The lowest BCUT2D eigenvalue weighted by Crippen LogP contribution is -2.04. The highest BCUT2D eigenvalue weighted by Crippen LogP contribution is 2.32. The molecule has 0 saturated heterocycles. The smallest absolute Gasteiger partial charge is 0.154 e. The number of para-hydroxylation sites is 1. The van der Waals surface area contributed by atoms with Crippen LogP contribution in [0.4, 0.5) is 11.5 Å². The highest BCUT2D eigenvalue weighted by molar-refractivity contribution is 9.10. The topological polar surface area (TPSA) is 29.0 Å². The molecule has 0 aliphatic rings. The Balaban J connectivity index is 2.11. The number of nitrogens with zero attached hydrogens (tertiary/aromatic N) is 3. The molecule has 1 heterocycles. The third-order valence-corrected chi connectivity index (χ3v) is 3.76. The van der Waals surface area contributed by atoms with Gasteiger partial charge in [0.2, 0.25) is 0 Å². The average Bonchev–Trinajstić information content (AvgIpc) is 2.47. The summed E-state index contributed by atoms with van der Waals surface area (Å²) in [4.78, 5) is 8.59. The fraction of sp³-hybridized carbons (Fsp3) is 0. The summed E-state index contributed by atoms with van der Waals surface area (Å²) in [5, 5.41) is 1.69. The summed E-state index contributed by atoms with van der Waals surface area (Å²) < 4.78 is 1.84. The Kier molecular flexibility index (Phi) is 3.36. The van der Waals surface area contributed by atoms with Crippen molar-refractivity contribution in [2.24, 2.45) is 0 Å². The van der Waals surface area contributed by atoms with Crippen molar-refractivity contribution >= 4 is 50.2 Å². The molecule has 0 aliphatic heterocycles. The standard InChI is InChI=1S/C14H9BrClN3/c15-19(11-7-5-10(16)6-8-11)14-12-3-1-2-4-13(12)17-9-18-14/h1-9H. The second-order valence-electron chi connectivity index (χ2n) is 3.97. The molecule has 0 fully saturated rings. The normalized spacial score (nSPS) is 10.6. The van der Waals surface area contributed by atoms with E-state index in [1.54, 1.807) is 6.33 Å². The van der Waals surface area contributed by atoms with Gasteiger partial charge in [-0.3, -0.25) is 3.93 Å². The number of aromatic nitrogens is 2. The molecule has 0 saturated carbocycles. The van der Waals surface area contributed by atoms with Gasteiger partial charge in [-0.15, -0.1) is 0 Å². The zero-order chi connectivity index (χ0) is 13.2. The van der Waals surface area contributed by atoms with Gasteiger partial charge >= 0.3 is 0 Å². The number of halogens is 2. The predicted molar refractivity (Wildman–Crippen MR) is 82.1 cm³/mol. The summed E-state index contributed by atoms with van der Waals surface area (Å²) in [6, 6.07) is 15.4. The minimum atomic E-state index is 0.706. The number of hydrogen-bond acceptors (Lipinski definition) is 3. The quantitative estimate of drug-likeness (QED) is 0.634. The summed E-state index contributed by atoms with van der Waals surface area (Å²) >= 11 is 9.44. The van der Waals surface area contributed by atoms with E-state index >= 15 is 0 Å². The third-order valence-electron chi connectivity index (χ3n) is 2.76. The Morgan fingerprint density at radius 2 is 1.68 bits per heavy atom. The van der Waals surface area contributed by atoms with Crippen LogP contribution in [0, 0.1) is 0 Å². The van der Waals surface area contributed by atoms with Crippen molar-refractivity contribution in [2.45, 2.75) is 0 Å². The van der Waals surface area contributed by atoms with E-state index in [1.807, 2.05) is 52.5 Å². The van der Waals surface area contributed by atoms with E-state index in [1.165, 1.54) is 0 Å². The molecule has 94 valence electrons.